The SMILES string of the molecule is O=C(O)c1cccc(C(=O)N2CCN(C(=O)Cc3ccccc3Cl)CC2)n1. The van der Waals surface area contributed by atoms with E-state index in [0.29, 0.717) is 31.2 Å². The number of hydrogen-bond donors (Lipinski definition) is 1. The molecule has 1 saturated heterocycles. The number of carboxylic acid groups (broad SMARTS) is 1. The van der Waals surface area contributed by atoms with Crippen LogP contribution in [0.1, 0.15) is 26.5 Å². The lowest BCUT2D eigenvalue weighted by Crippen LogP contribution is -2.51. The van der Waals surface area contributed by atoms with Gasteiger partial charge in [-0.1, -0.05) is 35.9 Å². The molecule has 0 atom stereocenters. The average molecular weight is 388 g/mol. The van der Waals surface area contributed by atoms with Gasteiger partial charge in [-0.2, -0.15) is 0 Å². The molecular formula is C19H18ClN3O4. The first-order valence-electron chi connectivity index (χ1n) is 8.46. The predicted octanol–water partition coefficient (Wildman–Crippen LogP) is 1.96. The van der Waals surface area contributed by atoms with Crippen LogP contribution in [0.25, 0.3) is 0 Å². The number of carbonyl (C=O) groups excluding carboxylic acids is 2. The minimum absolute atomic E-state index is 0.0406. The second-order valence-electron chi connectivity index (χ2n) is 6.15. The molecule has 1 aromatic heterocycles. The monoisotopic (exact) mass is 387 g/mol. The lowest BCUT2D eigenvalue weighted by Gasteiger charge is -2.34. The quantitative estimate of drug-likeness (QED) is 0.866. The number of aromatic carboxylic acids is 1. The standard InChI is InChI=1S/C19H18ClN3O4/c20-14-5-2-1-4-13(14)12-17(24)22-8-10-23(11-9-22)18(25)15-6-3-7-16(21-15)19(26)27/h1-7H,8-12H2,(H,26,27). The van der Waals surface area contributed by atoms with Crippen LogP contribution in [0.5, 0.6) is 0 Å². The molecule has 27 heavy (non-hydrogen) atoms. The van der Waals surface area contributed by atoms with Gasteiger partial charge in [0.2, 0.25) is 5.91 Å². The summed E-state index contributed by atoms with van der Waals surface area (Å²) in [5.41, 5.74) is 0.692. The van der Waals surface area contributed by atoms with E-state index in [1.54, 1.807) is 15.9 Å². The number of benzene rings is 1. The Morgan fingerprint density at radius 2 is 1.56 bits per heavy atom. The van der Waals surface area contributed by atoms with Crippen LogP contribution in [0.4, 0.5) is 0 Å². The van der Waals surface area contributed by atoms with E-state index in [1.165, 1.54) is 18.2 Å². The molecule has 0 bridgehead atoms. The summed E-state index contributed by atoms with van der Waals surface area (Å²) in [5.74, 6) is -1.56. The smallest absolute Gasteiger partial charge is 0.354 e. The van der Waals surface area contributed by atoms with Gasteiger partial charge in [0.05, 0.1) is 6.42 Å². The van der Waals surface area contributed by atoms with E-state index in [4.69, 9.17) is 16.7 Å². The summed E-state index contributed by atoms with van der Waals surface area (Å²) >= 11 is 6.10. The summed E-state index contributed by atoms with van der Waals surface area (Å²) < 4.78 is 0. The number of hydrogen-bond acceptors (Lipinski definition) is 4. The molecule has 2 amide bonds. The first-order chi connectivity index (χ1) is 13.0. The number of carbonyl (C=O) groups is 3. The average Bonchev–Trinajstić information content (AvgIpc) is 2.69. The molecule has 3 rings (SSSR count). The van der Waals surface area contributed by atoms with Crippen molar-refractivity contribution in [2.24, 2.45) is 0 Å². The topological polar surface area (TPSA) is 90.8 Å². The molecule has 140 valence electrons. The molecule has 1 aromatic carbocycles. The van der Waals surface area contributed by atoms with E-state index in [1.807, 2.05) is 18.2 Å². The van der Waals surface area contributed by atoms with Gasteiger partial charge in [0.1, 0.15) is 11.4 Å². The van der Waals surface area contributed by atoms with Crippen molar-refractivity contribution in [3.05, 3.63) is 64.4 Å². The number of piperazine rings is 1. The third-order valence-corrected chi connectivity index (χ3v) is 4.78. The number of halogens is 1. The van der Waals surface area contributed by atoms with Gasteiger partial charge in [0.15, 0.2) is 0 Å². The van der Waals surface area contributed by atoms with Gasteiger partial charge in [-0.15, -0.1) is 0 Å². The minimum atomic E-state index is -1.18. The third kappa shape index (κ3) is 4.43. The van der Waals surface area contributed by atoms with E-state index in [2.05, 4.69) is 4.98 Å². The Labute approximate surface area is 161 Å². The van der Waals surface area contributed by atoms with E-state index >= 15 is 0 Å². The fourth-order valence-electron chi connectivity index (χ4n) is 2.91. The fourth-order valence-corrected chi connectivity index (χ4v) is 3.11. The Morgan fingerprint density at radius 3 is 2.22 bits per heavy atom. The highest BCUT2D eigenvalue weighted by molar-refractivity contribution is 6.31. The number of aromatic nitrogens is 1. The number of pyridine rings is 1. The zero-order valence-electron chi connectivity index (χ0n) is 14.5. The van der Waals surface area contributed by atoms with Crippen LogP contribution >= 0.6 is 11.6 Å². The summed E-state index contributed by atoms with van der Waals surface area (Å²) in [6, 6.07) is 11.5. The molecule has 0 radical (unpaired) electrons. The van der Waals surface area contributed by atoms with Crippen molar-refractivity contribution >= 4 is 29.4 Å². The van der Waals surface area contributed by atoms with Crippen LogP contribution in [0.2, 0.25) is 5.02 Å². The van der Waals surface area contributed by atoms with Crippen LogP contribution in [0.15, 0.2) is 42.5 Å². The second-order valence-corrected chi connectivity index (χ2v) is 6.56. The van der Waals surface area contributed by atoms with E-state index in [9.17, 15) is 14.4 Å². The zero-order valence-corrected chi connectivity index (χ0v) is 15.2. The summed E-state index contributed by atoms with van der Waals surface area (Å²) in [5, 5.41) is 9.56. The van der Waals surface area contributed by atoms with Gasteiger partial charge in [0, 0.05) is 31.2 Å². The van der Waals surface area contributed by atoms with Gasteiger partial charge in [-0.3, -0.25) is 9.59 Å². The predicted molar refractivity (Wildman–Crippen MR) is 98.8 cm³/mol. The van der Waals surface area contributed by atoms with Crippen molar-refractivity contribution in [3.8, 4) is 0 Å². The fraction of sp³-hybridized carbons (Fsp3) is 0.263. The molecule has 0 saturated carbocycles. The lowest BCUT2D eigenvalue weighted by molar-refractivity contribution is -0.131. The highest BCUT2D eigenvalue weighted by Crippen LogP contribution is 2.17. The second kappa shape index (κ2) is 8.18. The number of amides is 2. The van der Waals surface area contributed by atoms with E-state index in [-0.39, 0.29) is 29.6 Å². The number of nitrogens with zero attached hydrogens (tertiary/aromatic N) is 3. The Hall–Kier alpha value is -2.93. The van der Waals surface area contributed by atoms with Crippen molar-refractivity contribution in [2.45, 2.75) is 6.42 Å². The van der Waals surface area contributed by atoms with Gasteiger partial charge in [0.25, 0.3) is 5.91 Å². The molecule has 1 N–H and O–H groups in total. The maximum atomic E-state index is 12.5. The molecule has 0 unspecified atom stereocenters. The normalized spacial score (nSPS) is 14.1. The molecule has 1 fully saturated rings. The zero-order chi connectivity index (χ0) is 19.4. The summed E-state index contributed by atoms with van der Waals surface area (Å²) in [6.07, 6.45) is 0.218. The summed E-state index contributed by atoms with van der Waals surface area (Å²) in [7, 11) is 0. The number of carboxylic acids is 1. The highest BCUT2D eigenvalue weighted by atomic mass is 35.5. The lowest BCUT2D eigenvalue weighted by atomic mass is 10.1. The molecule has 1 aliphatic rings. The number of rotatable bonds is 4. The molecule has 1 aliphatic heterocycles. The molecule has 7 nitrogen and oxygen atoms in total. The van der Waals surface area contributed by atoms with Gasteiger partial charge < -0.3 is 14.9 Å². The molecule has 2 heterocycles. The maximum Gasteiger partial charge on any atom is 0.354 e. The third-order valence-electron chi connectivity index (χ3n) is 4.41. The van der Waals surface area contributed by atoms with Crippen LogP contribution in [-0.2, 0) is 11.2 Å². The molecule has 8 heteroatoms. The molecular weight excluding hydrogens is 370 g/mol. The van der Waals surface area contributed by atoms with Crippen molar-refractivity contribution in [1.29, 1.82) is 0 Å². The van der Waals surface area contributed by atoms with Crippen molar-refractivity contribution in [1.82, 2.24) is 14.8 Å². The first kappa shape index (κ1) is 18.8. The Bertz CT molecular complexity index is 879. The molecule has 2 aromatic rings. The van der Waals surface area contributed by atoms with E-state index in [0.717, 1.165) is 5.56 Å². The Morgan fingerprint density at radius 1 is 0.926 bits per heavy atom. The van der Waals surface area contributed by atoms with E-state index < -0.39 is 5.97 Å². The van der Waals surface area contributed by atoms with Gasteiger partial charge >= 0.3 is 5.97 Å². The summed E-state index contributed by atoms with van der Waals surface area (Å²) in [4.78, 5) is 43.2. The van der Waals surface area contributed by atoms with Crippen molar-refractivity contribution in [3.63, 3.8) is 0 Å². The van der Waals surface area contributed by atoms with Crippen molar-refractivity contribution in [2.75, 3.05) is 26.2 Å². The van der Waals surface area contributed by atoms with Crippen LogP contribution in [-0.4, -0.2) is 63.9 Å². The van der Waals surface area contributed by atoms with Crippen LogP contribution < -0.4 is 0 Å². The van der Waals surface area contributed by atoms with Crippen LogP contribution in [0.3, 0.4) is 0 Å². The minimum Gasteiger partial charge on any atom is -0.477 e. The molecule has 0 aliphatic carbocycles. The Kier molecular flexibility index (Phi) is 5.71. The van der Waals surface area contributed by atoms with Crippen molar-refractivity contribution < 1.29 is 19.5 Å². The summed E-state index contributed by atoms with van der Waals surface area (Å²) in [6.45, 7) is 1.56. The first-order valence-corrected chi connectivity index (χ1v) is 8.84. The highest BCUT2D eigenvalue weighted by Gasteiger charge is 2.26. The maximum absolute atomic E-state index is 12.5. The Balaban J connectivity index is 1.59. The van der Waals surface area contributed by atoms with Gasteiger partial charge in [-0.05, 0) is 23.8 Å². The largest absolute Gasteiger partial charge is 0.477 e. The van der Waals surface area contributed by atoms with Crippen LogP contribution in [0, 0.1) is 0 Å². The molecule has 0 spiro atoms. The van der Waals surface area contributed by atoms with Gasteiger partial charge in [-0.25, -0.2) is 9.78 Å².